The molecule has 0 aliphatic carbocycles. The van der Waals surface area contributed by atoms with Crippen LogP contribution in [0.15, 0.2) is 16.6 Å². The van der Waals surface area contributed by atoms with Gasteiger partial charge >= 0.3 is 0 Å². The lowest BCUT2D eigenvalue weighted by Crippen LogP contribution is -2.36. The first-order valence-electron chi connectivity index (χ1n) is 7.51. The minimum absolute atomic E-state index is 0.247. The first-order chi connectivity index (χ1) is 10.8. The molecule has 0 saturated carbocycles. The molecule has 7 heteroatoms. The van der Waals surface area contributed by atoms with E-state index in [1.54, 1.807) is 0 Å². The molecular formula is C15H17ClN4O2. The number of nitrogens with zero attached hydrogens (tertiary/aromatic N) is 3. The maximum Gasteiger partial charge on any atom is 0.225 e. The molecule has 0 unspecified atom stereocenters. The summed E-state index contributed by atoms with van der Waals surface area (Å²) < 4.78 is 11.5. The number of fused-ring (bicyclic) bond motifs is 1. The number of hydrogen-bond donors (Lipinski definition) is 1. The van der Waals surface area contributed by atoms with Crippen molar-refractivity contribution in [3.63, 3.8) is 0 Å². The van der Waals surface area contributed by atoms with Crippen LogP contribution in [0.1, 0.15) is 12.2 Å². The summed E-state index contributed by atoms with van der Waals surface area (Å²) in [5.74, 6) is 1.60. The molecule has 1 saturated heterocycles. The van der Waals surface area contributed by atoms with Crippen molar-refractivity contribution in [2.45, 2.75) is 6.42 Å². The van der Waals surface area contributed by atoms with Crippen LogP contribution in [-0.2, 0) is 4.74 Å². The molecule has 1 N–H and O–H groups in total. The predicted octanol–water partition coefficient (Wildman–Crippen LogP) is 2.09. The van der Waals surface area contributed by atoms with Crippen LogP contribution in [0.25, 0.3) is 16.7 Å². The third kappa shape index (κ3) is 2.58. The molecule has 0 aromatic carbocycles. The van der Waals surface area contributed by atoms with Gasteiger partial charge in [-0.15, -0.1) is 0 Å². The largest absolute Gasteiger partial charge is 0.451 e. The first-order valence-corrected chi connectivity index (χ1v) is 7.89. The van der Waals surface area contributed by atoms with Gasteiger partial charge in [-0.3, -0.25) is 0 Å². The highest BCUT2D eigenvalue weighted by molar-refractivity contribution is 6.28. The summed E-state index contributed by atoms with van der Waals surface area (Å²) in [5, 5.41) is 3.60. The molecule has 116 valence electrons. The molecule has 0 radical (unpaired) electrons. The minimum atomic E-state index is 0.247. The van der Waals surface area contributed by atoms with Crippen LogP contribution in [0.3, 0.4) is 0 Å². The van der Waals surface area contributed by atoms with E-state index in [-0.39, 0.29) is 5.28 Å². The Bertz CT molecular complexity index is 722. The van der Waals surface area contributed by atoms with E-state index in [9.17, 15) is 0 Å². The fourth-order valence-corrected chi connectivity index (χ4v) is 3.04. The molecule has 2 aromatic rings. The molecule has 0 amide bonds. The highest BCUT2D eigenvalue weighted by Crippen LogP contribution is 2.31. The van der Waals surface area contributed by atoms with Gasteiger partial charge in [0.05, 0.1) is 13.2 Å². The Labute approximate surface area is 133 Å². The number of ether oxygens (including phenoxy) is 1. The zero-order valence-electron chi connectivity index (χ0n) is 12.1. The molecule has 6 nitrogen and oxygen atoms in total. The zero-order valence-corrected chi connectivity index (χ0v) is 12.9. The monoisotopic (exact) mass is 320 g/mol. The topological polar surface area (TPSA) is 63.4 Å². The number of anilines is 1. The van der Waals surface area contributed by atoms with Gasteiger partial charge < -0.3 is 19.4 Å². The lowest BCUT2D eigenvalue weighted by molar-refractivity contribution is 0.122. The average Bonchev–Trinajstić information content (AvgIpc) is 2.99. The van der Waals surface area contributed by atoms with Crippen LogP contribution in [0.2, 0.25) is 5.28 Å². The van der Waals surface area contributed by atoms with Gasteiger partial charge in [-0.05, 0) is 24.6 Å². The fraction of sp³-hybridized carbons (Fsp3) is 0.467. The molecular weight excluding hydrogens is 304 g/mol. The van der Waals surface area contributed by atoms with Crippen LogP contribution in [0.4, 0.5) is 5.82 Å². The van der Waals surface area contributed by atoms with Gasteiger partial charge in [0.1, 0.15) is 11.3 Å². The highest BCUT2D eigenvalue weighted by Gasteiger charge is 2.21. The Balaban J connectivity index is 1.79. The normalized spacial score (nSPS) is 19.5. The van der Waals surface area contributed by atoms with Gasteiger partial charge in [0, 0.05) is 31.3 Å². The first kappa shape index (κ1) is 14.0. The van der Waals surface area contributed by atoms with Crippen LogP contribution in [0, 0.1) is 0 Å². The van der Waals surface area contributed by atoms with Crippen LogP contribution in [-0.4, -0.2) is 49.4 Å². The summed E-state index contributed by atoms with van der Waals surface area (Å²) >= 11 is 6.09. The zero-order chi connectivity index (χ0) is 14.9. The van der Waals surface area contributed by atoms with Crippen LogP contribution >= 0.6 is 11.6 Å². The number of aromatic nitrogens is 2. The number of rotatable bonds is 2. The molecule has 0 bridgehead atoms. The van der Waals surface area contributed by atoms with E-state index in [0.717, 1.165) is 55.3 Å². The Kier molecular flexibility index (Phi) is 3.73. The van der Waals surface area contributed by atoms with Crippen molar-refractivity contribution in [3.8, 4) is 0 Å². The van der Waals surface area contributed by atoms with Crippen molar-refractivity contribution in [1.82, 2.24) is 15.3 Å². The fourth-order valence-electron chi connectivity index (χ4n) is 2.87. The van der Waals surface area contributed by atoms with Gasteiger partial charge in [0.15, 0.2) is 11.4 Å². The van der Waals surface area contributed by atoms with Gasteiger partial charge in [0.25, 0.3) is 0 Å². The van der Waals surface area contributed by atoms with Gasteiger partial charge in [-0.2, -0.15) is 4.98 Å². The van der Waals surface area contributed by atoms with E-state index in [2.05, 4.69) is 26.3 Å². The number of nitrogens with one attached hydrogen (secondary N) is 1. The van der Waals surface area contributed by atoms with Gasteiger partial charge in [0.2, 0.25) is 5.28 Å². The molecule has 2 aliphatic rings. The van der Waals surface area contributed by atoms with E-state index in [4.69, 9.17) is 20.8 Å². The van der Waals surface area contributed by atoms with Crippen LogP contribution in [0.5, 0.6) is 0 Å². The highest BCUT2D eigenvalue weighted by atomic mass is 35.5. The van der Waals surface area contributed by atoms with E-state index in [1.165, 1.54) is 0 Å². The van der Waals surface area contributed by atoms with E-state index < -0.39 is 0 Å². The number of furan rings is 1. The Morgan fingerprint density at radius 3 is 2.86 bits per heavy atom. The predicted molar refractivity (Wildman–Crippen MR) is 85.3 cm³/mol. The second-order valence-electron chi connectivity index (χ2n) is 5.44. The van der Waals surface area contributed by atoms with Gasteiger partial charge in [-0.25, -0.2) is 4.98 Å². The quantitative estimate of drug-likeness (QED) is 0.855. The van der Waals surface area contributed by atoms with E-state index in [0.29, 0.717) is 18.8 Å². The van der Waals surface area contributed by atoms with Crippen molar-refractivity contribution in [2.24, 2.45) is 0 Å². The van der Waals surface area contributed by atoms with Crippen LogP contribution < -0.4 is 10.2 Å². The summed E-state index contributed by atoms with van der Waals surface area (Å²) in [7, 11) is 0. The third-order valence-corrected chi connectivity index (χ3v) is 4.15. The third-order valence-electron chi connectivity index (χ3n) is 3.98. The SMILES string of the molecule is Clc1nc(N2CCOCC2)c2oc(C3=CCCNC3)cc2n1. The second kappa shape index (κ2) is 5.87. The second-order valence-corrected chi connectivity index (χ2v) is 5.77. The Morgan fingerprint density at radius 2 is 2.09 bits per heavy atom. The average molecular weight is 321 g/mol. The standard InChI is InChI=1S/C15H17ClN4O2/c16-15-18-11-8-12(10-2-1-3-17-9-10)22-13(11)14(19-15)20-4-6-21-7-5-20/h2,8,17H,1,3-7,9H2. The summed E-state index contributed by atoms with van der Waals surface area (Å²) in [6.07, 6.45) is 3.22. The molecule has 2 aliphatic heterocycles. The van der Waals surface area contributed by atoms with Crippen molar-refractivity contribution in [2.75, 3.05) is 44.3 Å². The Hall–Kier alpha value is -1.63. The van der Waals surface area contributed by atoms with E-state index >= 15 is 0 Å². The van der Waals surface area contributed by atoms with Crippen molar-refractivity contribution < 1.29 is 9.15 Å². The smallest absolute Gasteiger partial charge is 0.225 e. The summed E-state index contributed by atoms with van der Waals surface area (Å²) in [4.78, 5) is 10.8. The van der Waals surface area contributed by atoms with E-state index in [1.807, 2.05) is 6.07 Å². The maximum absolute atomic E-state index is 6.09. The number of halogens is 1. The number of hydrogen-bond acceptors (Lipinski definition) is 6. The molecule has 0 spiro atoms. The van der Waals surface area contributed by atoms with Crippen molar-refractivity contribution in [1.29, 1.82) is 0 Å². The number of morpholine rings is 1. The van der Waals surface area contributed by atoms with Crippen molar-refractivity contribution in [3.05, 3.63) is 23.2 Å². The molecule has 4 rings (SSSR count). The molecule has 2 aromatic heterocycles. The minimum Gasteiger partial charge on any atom is -0.451 e. The summed E-state index contributed by atoms with van der Waals surface area (Å²) in [6, 6.07) is 1.95. The molecule has 1 fully saturated rings. The van der Waals surface area contributed by atoms with Crippen molar-refractivity contribution >= 4 is 34.1 Å². The molecule has 4 heterocycles. The Morgan fingerprint density at radius 1 is 1.23 bits per heavy atom. The lowest BCUT2D eigenvalue weighted by atomic mass is 10.1. The summed E-state index contributed by atoms with van der Waals surface area (Å²) in [5.41, 5.74) is 2.61. The summed E-state index contributed by atoms with van der Waals surface area (Å²) in [6.45, 7) is 4.76. The molecule has 0 atom stereocenters. The van der Waals surface area contributed by atoms with Gasteiger partial charge in [-0.1, -0.05) is 6.08 Å². The lowest BCUT2D eigenvalue weighted by Gasteiger charge is -2.27. The maximum atomic E-state index is 6.09. The molecule has 22 heavy (non-hydrogen) atoms.